The van der Waals surface area contributed by atoms with Crippen molar-refractivity contribution in [2.75, 3.05) is 7.11 Å². The van der Waals surface area contributed by atoms with Crippen LogP contribution in [0.15, 0.2) is 36.4 Å². The zero-order valence-corrected chi connectivity index (χ0v) is 10.8. The summed E-state index contributed by atoms with van der Waals surface area (Å²) in [5, 5.41) is 1.14. The van der Waals surface area contributed by atoms with Gasteiger partial charge in [-0.1, -0.05) is 45.9 Å². The van der Waals surface area contributed by atoms with Crippen LogP contribution in [0.5, 0.6) is 5.88 Å². The number of ether oxygens (including phenoxy) is 1. The lowest BCUT2D eigenvalue weighted by Gasteiger charge is -1.99. The Balaban J connectivity index is 0.000000509. The first-order valence-electron chi connectivity index (χ1n) is 5.80. The average molecular weight is 219 g/mol. The molecular weight excluding hydrogens is 198 g/mol. The smallest absolute Gasteiger partial charge is 0.213 e. The molecule has 0 unspecified atom stereocenters. The summed E-state index contributed by atoms with van der Waals surface area (Å²) in [6.45, 7) is 8.00. The predicted octanol–water partition coefficient (Wildman–Crippen LogP) is 4.30. The number of fused-ring (bicyclic) bond motifs is 1. The van der Waals surface area contributed by atoms with Crippen LogP contribution in [0.3, 0.4) is 0 Å². The second-order valence-electron chi connectivity index (χ2n) is 2.55. The number of nitrogens with zero attached hydrogens (tertiary/aromatic N) is 1. The lowest BCUT2D eigenvalue weighted by atomic mass is 10.2. The topological polar surface area (TPSA) is 22.1 Å². The number of methoxy groups -OCH3 is 1. The molecule has 0 atom stereocenters. The second kappa shape index (κ2) is 8.72. The first kappa shape index (κ1) is 14.4. The Kier molecular flexibility index (Phi) is 7.86. The monoisotopic (exact) mass is 219 g/mol. The van der Waals surface area contributed by atoms with E-state index in [0.717, 1.165) is 10.9 Å². The molecule has 0 saturated heterocycles. The van der Waals surface area contributed by atoms with Crippen molar-refractivity contribution in [1.82, 2.24) is 4.98 Å². The number of hydrogen-bond acceptors (Lipinski definition) is 2. The van der Waals surface area contributed by atoms with E-state index in [1.807, 2.05) is 64.1 Å². The molecule has 0 bridgehead atoms. The number of aromatic nitrogens is 1. The van der Waals surface area contributed by atoms with Gasteiger partial charge in [-0.15, -0.1) is 0 Å². The molecular formula is C14H21NO. The zero-order chi connectivity index (χ0) is 12.4. The van der Waals surface area contributed by atoms with Crippen molar-refractivity contribution in [3.63, 3.8) is 0 Å². The molecule has 1 aromatic heterocycles. The third kappa shape index (κ3) is 3.89. The van der Waals surface area contributed by atoms with Crippen molar-refractivity contribution in [2.45, 2.75) is 27.7 Å². The van der Waals surface area contributed by atoms with Gasteiger partial charge in [0, 0.05) is 11.5 Å². The van der Waals surface area contributed by atoms with E-state index >= 15 is 0 Å². The Morgan fingerprint density at radius 3 is 2.12 bits per heavy atom. The fourth-order valence-electron chi connectivity index (χ4n) is 1.16. The quantitative estimate of drug-likeness (QED) is 0.713. The van der Waals surface area contributed by atoms with Crippen LogP contribution in [-0.2, 0) is 0 Å². The van der Waals surface area contributed by atoms with Crippen molar-refractivity contribution in [3.8, 4) is 5.88 Å². The van der Waals surface area contributed by atoms with Crippen molar-refractivity contribution >= 4 is 10.9 Å². The molecule has 2 nitrogen and oxygen atoms in total. The summed E-state index contributed by atoms with van der Waals surface area (Å²) in [6, 6.07) is 11.8. The minimum Gasteiger partial charge on any atom is -0.481 e. The van der Waals surface area contributed by atoms with E-state index in [0.29, 0.717) is 5.88 Å². The molecule has 1 heterocycles. The molecule has 0 saturated carbocycles. The third-order valence-corrected chi connectivity index (χ3v) is 1.78. The molecule has 2 aromatic rings. The third-order valence-electron chi connectivity index (χ3n) is 1.78. The van der Waals surface area contributed by atoms with Gasteiger partial charge in [0.25, 0.3) is 0 Å². The number of rotatable bonds is 1. The molecule has 0 aliphatic heterocycles. The van der Waals surface area contributed by atoms with Gasteiger partial charge in [-0.25, -0.2) is 4.98 Å². The van der Waals surface area contributed by atoms with E-state index in [4.69, 9.17) is 4.74 Å². The van der Waals surface area contributed by atoms with E-state index < -0.39 is 0 Å². The highest BCUT2D eigenvalue weighted by Crippen LogP contribution is 2.15. The molecule has 0 aliphatic rings. The highest BCUT2D eigenvalue weighted by molar-refractivity contribution is 5.78. The number of benzene rings is 1. The molecule has 0 spiro atoms. The van der Waals surface area contributed by atoms with E-state index in [1.165, 1.54) is 0 Å². The molecule has 1 aromatic carbocycles. The van der Waals surface area contributed by atoms with Gasteiger partial charge in [0.1, 0.15) is 0 Å². The lowest BCUT2D eigenvalue weighted by molar-refractivity contribution is 0.399. The van der Waals surface area contributed by atoms with Crippen LogP contribution in [0, 0.1) is 0 Å². The summed E-state index contributed by atoms with van der Waals surface area (Å²) >= 11 is 0. The van der Waals surface area contributed by atoms with E-state index in [2.05, 4.69) is 4.98 Å². The molecule has 88 valence electrons. The molecule has 0 aliphatic carbocycles. The first-order valence-corrected chi connectivity index (χ1v) is 5.80. The van der Waals surface area contributed by atoms with Gasteiger partial charge < -0.3 is 4.74 Å². The van der Waals surface area contributed by atoms with Crippen molar-refractivity contribution in [3.05, 3.63) is 36.4 Å². The standard InChI is InChI=1S/C10H9NO.2C2H6/c1-12-10-7-6-8-4-2-3-5-9(8)11-10;2*1-2/h2-7H,1H3;2*1-2H3. The van der Waals surface area contributed by atoms with Crippen LogP contribution in [0.1, 0.15) is 27.7 Å². The SMILES string of the molecule is CC.CC.COc1ccc2ccccc2n1. The van der Waals surface area contributed by atoms with Gasteiger partial charge in [0.15, 0.2) is 0 Å². The summed E-state index contributed by atoms with van der Waals surface area (Å²) < 4.78 is 5.01. The number of para-hydroxylation sites is 1. The Hall–Kier alpha value is -1.57. The fourth-order valence-corrected chi connectivity index (χ4v) is 1.16. The Bertz CT molecular complexity index is 399. The van der Waals surface area contributed by atoms with Gasteiger partial charge in [-0.05, 0) is 12.1 Å². The number of hydrogen-bond donors (Lipinski definition) is 0. The second-order valence-corrected chi connectivity index (χ2v) is 2.55. The molecule has 0 radical (unpaired) electrons. The minimum absolute atomic E-state index is 0.661. The summed E-state index contributed by atoms with van der Waals surface area (Å²) in [5.74, 6) is 0.661. The number of pyridine rings is 1. The van der Waals surface area contributed by atoms with Crippen LogP contribution in [-0.4, -0.2) is 12.1 Å². The largest absolute Gasteiger partial charge is 0.481 e. The van der Waals surface area contributed by atoms with Crippen molar-refractivity contribution in [2.24, 2.45) is 0 Å². The van der Waals surface area contributed by atoms with Crippen LogP contribution < -0.4 is 4.74 Å². The summed E-state index contributed by atoms with van der Waals surface area (Å²) in [6.07, 6.45) is 0. The highest BCUT2D eigenvalue weighted by atomic mass is 16.5. The normalized spacial score (nSPS) is 8.31. The van der Waals surface area contributed by atoms with Gasteiger partial charge in [0.2, 0.25) is 5.88 Å². The molecule has 0 N–H and O–H groups in total. The predicted molar refractivity (Wildman–Crippen MR) is 71.0 cm³/mol. The van der Waals surface area contributed by atoms with Crippen LogP contribution >= 0.6 is 0 Å². The molecule has 16 heavy (non-hydrogen) atoms. The Morgan fingerprint density at radius 1 is 0.875 bits per heavy atom. The van der Waals surface area contributed by atoms with Gasteiger partial charge in [-0.2, -0.15) is 0 Å². The van der Waals surface area contributed by atoms with Gasteiger partial charge in [-0.3, -0.25) is 0 Å². The maximum atomic E-state index is 5.01. The average Bonchev–Trinajstić information content (AvgIpc) is 2.42. The van der Waals surface area contributed by atoms with Crippen LogP contribution in [0.4, 0.5) is 0 Å². The zero-order valence-electron chi connectivity index (χ0n) is 10.8. The molecule has 2 heteroatoms. The van der Waals surface area contributed by atoms with Crippen LogP contribution in [0.25, 0.3) is 10.9 Å². The van der Waals surface area contributed by atoms with Gasteiger partial charge >= 0.3 is 0 Å². The molecule has 0 amide bonds. The lowest BCUT2D eigenvalue weighted by Crippen LogP contribution is -1.86. The van der Waals surface area contributed by atoms with Gasteiger partial charge in [0.05, 0.1) is 12.6 Å². The Labute approximate surface area is 98.3 Å². The summed E-state index contributed by atoms with van der Waals surface area (Å²) in [4.78, 5) is 4.27. The molecule has 0 fully saturated rings. The highest BCUT2D eigenvalue weighted by Gasteiger charge is 1.94. The molecule has 2 rings (SSSR count). The van der Waals surface area contributed by atoms with Crippen molar-refractivity contribution in [1.29, 1.82) is 0 Å². The van der Waals surface area contributed by atoms with E-state index in [-0.39, 0.29) is 0 Å². The first-order chi connectivity index (χ1) is 7.90. The minimum atomic E-state index is 0.661. The fraction of sp³-hybridized carbons (Fsp3) is 0.357. The van der Waals surface area contributed by atoms with Crippen LogP contribution in [0.2, 0.25) is 0 Å². The van der Waals surface area contributed by atoms with E-state index in [1.54, 1.807) is 7.11 Å². The Morgan fingerprint density at radius 2 is 1.50 bits per heavy atom. The van der Waals surface area contributed by atoms with E-state index in [9.17, 15) is 0 Å². The maximum Gasteiger partial charge on any atom is 0.213 e. The van der Waals surface area contributed by atoms with Crippen molar-refractivity contribution < 1.29 is 4.74 Å². The summed E-state index contributed by atoms with van der Waals surface area (Å²) in [5.41, 5.74) is 0.969. The maximum absolute atomic E-state index is 5.01. The summed E-state index contributed by atoms with van der Waals surface area (Å²) in [7, 11) is 1.62.